The first-order valence-electron chi connectivity index (χ1n) is 10.6. The summed E-state index contributed by atoms with van der Waals surface area (Å²) in [5, 5.41) is 15.5. The van der Waals surface area contributed by atoms with Gasteiger partial charge < -0.3 is 10.3 Å². The molecule has 3 amide bonds. The smallest absolute Gasteiger partial charge is 0.321 e. The lowest BCUT2D eigenvalue weighted by atomic mass is 10.1. The van der Waals surface area contributed by atoms with Crippen molar-refractivity contribution in [3.05, 3.63) is 60.3 Å². The van der Waals surface area contributed by atoms with Crippen LogP contribution in [0.4, 0.5) is 4.79 Å². The van der Waals surface area contributed by atoms with Crippen molar-refractivity contribution < 1.29 is 9.59 Å². The Labute approximate surface area is 196 Å². The molecular weight excluding hydrogens is 436 g/mol. The van der Waals surface area contributed by atoms with Crippen molar-refractivity contribution in [2.45, 2.75) is 38.4 Å². The van der Waals surface area contributed by atoms with E-state index in [-0.39, 0.29) is 5.75 Å². The number of hydrogen-bond acceptors (Lipinski definition) is 5. The van der Waals surface area contributed by atoms with Gasteiger partial charge in [-0.25, -0.2) is 4.79 Å². The molecule has 0 atom stereocenters. The van der Waals surface area contributed by atoms with Crippen LogP contribution < -0.4 is 10.6 Å². The first-order chi connectivity index (χ1) is 15.7. The number of hydrogen-bond donors (Lipinski definition) is 3. The number of thioether (sulfide) groups is 1. The molecule has 2 aromatic carbocycles. The van der Waals surface area contributed by atoms with Crippen molar-refractivity contribution in [1.82, 2.24) is 30.4 Å². The van der Waals surface area contributed by atoms with Crippen LogP contribution >= 0.6 is 11.8 Å². The van der Waals surface area contributed by atoms with Gasteiger partial charge in [0.25, 0.3) is 0 Å². The first kappa shape index (κ1) is 22.6. The van der Waals surface area contributed by atoms with Crippen LogP contribution in [0.2, 0.25) is 0 Å². The quantitative estimate of drug-likeness (QED) is 0.380. The Kier molecular flexibility index (Phi) is 6.24. The van der Waals surface area contributed by atoms with E-state index in [0.29, 0.717) is 11.0 Å². The molecule has 9 heteroatoms. The standard InChI is InChI=1S/C24H26N6O2S/c1-15-9-5-8-12-19(15)30-21(17-13-25-18-11-7-6-10-16(17)18)28-29-23(30)33-14-20(31)26-22(32)27-24(2,3)4/h5-13,25H,14H2,1-4H3,(H2,26,27,31,32). The summed E-state index contributed by atoms with van der Waals surface area (Å²) in [6, 6.07) is 15.4. The minimum atomic E-state index is -0.520. The normalized spacial score (nSPS) is 11.5. The maximum Gasteiger partial charge on any atom is 0.321 e. The zero-order valence-corrected chi connectivity index (χ0v) is 19.8. The van der Waals surface area contributed by atoms with Crippen LogP contribution in [-0.4, -0.2) is 43.0 Å². The number of aromatic amines is 1. The second-order valence-corrected chi connectivity index (χ2v) is 9.66. The predicted molar refractivity (Wildman–Crippen MR) is 131 cm³/mol. The molecule has 0 bridgehead atoms. The molecule has 0 spiro atoms. The summed E-state index contributed by atoms with van der Waals surface area (Å²) in [4.78, 5) is 27.7. The van der Waals surface area contributed by atoms with Crippen molar-refractivity contribution in [2.75, 3.05) is 5.75 Å². The average molecular weight is 463 g/mol. The maximum atomic E-state index is 12.4. The molecule has 0 aliphatic rings. The van der Waals surface area contributed by atoms with Gasteiger partial charge in [-0.15, -0.1) is 10.2 Å². The number of aromatic nitrogens is 4. The fourth-order valence-electron chi connectivity index (χ4n) is 3.49. The van der Waals surface area contributed by atoms with E-state index < -0.39 is 17.5 Å². The zero-order valence-electron chi connectivity index (χ0n) is 19.0. The SMILES string of the molecule is Cc1ccccc1-n1c(SCC(=O)NC(=O)NC(C)(C)C)nnc1-c1c[nH]c2ccccc12. The van der Waals surface area contributed by atoms with E-state index in [4.69, 9.17) is 0 Å². The molecule has 170 valence electrons. The molecule has 4 rings (SSSR count). The van der Waals surface area contributed by atoms with Gasteiger partial charge in [-0.05, 0) is 45.4 Å². The minimum Gasteiger partial charge on any atom is -0.360 e. The molecule has 0 unspecified atom stereocenters. The van der Waals surface area contributed by atoms with Gasteiger partial charge in [-0.2, -0.15) is 0 Å². The number of nitrogens with zero attached hydrogens (tertiary/aromatic N) is 3. The maximum absolute atomic E-state index is 12.4. The number of nitrogens with one attached hydrogen (secondary N) is 3. The average Bonchev–Trinajstić information content (AvgIpc) is 3.35. The number of carbonyl (C=O) groups excluding carboxylic acids is 2. The molecule has 33 heavy (non-hydrogen) atoms. The topological polar surface area (TPSA) is 105 Å². The summed E-state index contributed by atoms with van der Waals surface area (Å²) in [7, 11) is 0. The van der Waals surface area contributed by atoms with E-state index in [9.17, 15) is 9.59 Å². The Bertz CT molecular complexity index is 1320. The van der Waals surface area contributed by atoms with Crippen LogP contribution in [-0.2, 0) is 4.79 Å². The number of rotatable bonds is 5. The first-order valence-corrected chi connectivity index (χ1v) is 11.5. The van der Waals surface area contributed by atoms with Crippen LogP contribution in [0.5, 0.6) is 0 Å². The Morgan fingerprint density at radius 2 is 1.79 bits per heavy atom. The highest BCUT2D eigenvalue weighted by Gasteiger charge is 2.21. The lowest BCUT2D eigenvalue weighted by Gasteiger charge is -2.20. The third-order valence-corrected chi connectivity index (χ3v) is 5.82. The summed E-state index contributed by atoms with van der Waals surface area (Å²) >= 11 is 1.23. The van der Waals surface area contributed by atoms with E-state index in [1.807, 2.05) is 87.0 Å². The summed E-state index contributed by atoms with van der Waals surface area (Å²) in [5.41, 5.74) is 3.47. The Morgan fingerprint density at radius 1 is 1.06 bits per heavy atom. The second-order valence-electron chi connectivity index (χ2n) is 8.72. The summed E-state index contributed by atoms with van der Waals surface area (Å²) in [6.07, 6.45) is 1.92. The van der Waals surface area contributed by atoms with Crippen molar-refractivity contribution >= 4 is 34.6 Å². The van der Waals surface area contributed by atoms with Crippen molar-refractivity contribution in [2.24, 2.45) is 0 Å². The Hall–Kier alpha value is -3.59. The number of imide groups is 1. The molecule has 0 fully saturated rings. The minimum absolute atomic E-state index is 0.0233. The molecule has 0 saturated carbocycles. The fraction of sp³-hybridized carbons (Fsp3) is 0.250. The molecule has 0 aliphatic carbocycles. The number of para-hydroxylation sites is 2. The van der Waals surface area contributed by atoms with Gasteiger partial charge in [0.15, 0.2) is 11.0 Å². The fourth-order valence-corrected chi connectivity index (χ4v) is 4.24. The zero-order chi connectivity index (χ0) is 23.6. The predicted octanol–water partition coefficient (Wildman–Crippen LogP) is 4.44. The van der Waals surface area contributed by atoms with Gasteiger partial charge in [-0.3, -0.25) is 14.7 Å². The molecule has 2 heterocycles. The lowest BCUT2D eigenvalue weighted by molar-refractivity contribution is -0.117. The number of fused-ring (bicyclic) bond motifs is 1. The monoisotopic (exact) mass is 462 g/mol. The number of benzene rings is 2. The number of carbonyl (C=O) groups is 2. The van der Waals surface area contributed by atoms with E-state index in [2.05, 4.69) is 25.8 Å². The Balaban J connectivity index is 1.65. The summed E-state index contributed by atoms with van der Waals surface area (Å²) in [5.74, 6) is 0.292. The van der Waals surface area contributed by atoms with Crippen LogP contribution in [0, 0.1) is 6.92 Å². The van der Waals surface area contributed by atoms with E-state index >= 15 is 0 Å². The van der Waals surface area contributed by atoms with Gasteiger partial charge >= 0.3 is 6.03 Å². The van der Waals surface area contributed by atoms with E-state index in [0.717, 1.165) is 27.7 Å². The molecule has 3 N–H and O–H groups in total. The number of amides is 3. The molecule has 8 nitrogen and oxygen atoms in total. The Morgan fingerprint density at radius 3 is 2.55 bits per heavy atom. The summed E-state index contributed by atoms with van der Waals surface area (Å²) < 4.78 is 1.96. The van der Waals surface area contributed by atoms with Crippen molar-refractivity contribution in [1.29, 1.82) is 0 Å². The van der Waals surface area contributed by atoms with E-state index in [1.54, 1.807) is 0 Å². The third-order valence-electron chi connectivity index (χ3n) is 4.89. The molecule has 4 aromatic rings. The molecule has 0 aliphatic heterocycles. The van der Waals surface area contributed by atoms with Gasteiger partial charge in [0.1, 0.15) is 0 Å². The van der Waals surface area contributed by atoms with Gasteiger partial charge in [-0.1, -0.05) is 48.2 Å². The molecule has 2 aromatic heterocycles. The largest absolute Gasteiger partial charge is 0.360 e. The van der Waals surface area contributed by atoms with Crippen molar-refractivity contribution in [3.63, 3.8) is 0 Å². The molecule has 0 saturated heterocycles. The highest BCUT2D eigenvalue weighted by Crippen LogP contribution is 2.33. The third kappa shape index (κ3) is 5.09. The molecular formula is C24H26N6O2S. The van der Waals surface area contributed by atoms with Crippen LogP contribution in [0.3, 0.4) is 0 Å². The second kappa shape index (κ2) is 9.11. The lowest BCUT2D eigenvalue weighted by Crippen LogP contribution is -2.48. The molecule has 0 radical (unpaired) electrons. The van der Waals surface area contributed by atoms with Gasteiger partial charge in [0.2, 0.25) is 5.91 Å². The number of urea groups is 1. The van der Waals surface area contributed by atoms with E-state index in [1.165, 1.54) is 11.8 Å². The summed E-state index contributed by atoms with van der Waals surface area (Å²) in [6.45, 7) is 7.57. The van der Waals surface area contributed by atoms with Gasteiger partial charge in [0, 0.05) is 28.2 Å². The van der Waals surface area contributed by atoms with Crippen LogP contribution in [0.25, 0.3) is 28.0 Å². The highest BCUT2D eigenvalue weighted by atomic mass is 32.2. The highest BCUT2D eigenvalue weighted by molar-refractivity contribution is 7.99. The van der Waals surface area contributed by atoms with Crippen LogP contribution in [0.15, 0.2) is 59.9 Å². The van der Waals surface area contributed by atoms with Crippen LogP contribution in [0.1, 0.15) is 26.3 Å². The number of H-pyrrole nitrogens is 1. The van der Waals surface area contributed by atoms with Crippen molar-refractivity contribution in [3.8, 4) is 17.1 Å². The number of aryl methyl sites for hydroxylation is 1. The van der Waals surface area contributed by atoms with Gasteiger partial charge in [0.05, 0.1) is 11.4 Å².